The van der Waals surface area contributed by atoms with Crippen molar-refractivity contribution in [1.82, 2.24) is 0 Å². The van der Waals surface area contributed by atoms with E-state index < -0.39 is 0 Å². The van der Waals surface area contributed by atoms with Gasteiger partial charge in [-0.05, 0) is 28.6 Å². The number of nitrogens with two attached hydrogens (primary N) is 1. The van der Waals surface area contributed by atoms with E-state index in [0.29, 0.717) is 28.4 Å². The van der Waals surface area contributed by atoms with Gasteiger partial charge < -0.3 is 5.73 Å². The molecule has 0 amide bonds. The standard InChI is InChI=1S/C17H13F2N/c18-16-8-7-13(12-3-1-2-4-14(12)16)15-6-5-11(10-20)9-17(15)19/h1-9H,10,20H2. The van der Waals surface area contributed by atoms with E-state index in [4.69, 9.17) is 5.73 Å². The first-order valence-corrected chi connectivity index (χ1v) is 6.37. The second-order valence-electron chi connectivity index (χ2n) is 4.66. The lowest BCUT2D eigenvalue weighted by molar-refractivity contribution is 0.628. The van der Waals surface area contributed by atoms with Crippen LogP contribution >= 0.6 is 0 Å². The van der Waals surface area contributed by atoms with Crippen molar-refractivity contribution >= 4 is 10.8 Å². The van der Waals surface area contributed by atoms with Crippen LogP contribution in [0.3, 0.4) is 0 Å². The second-order valence-corrected chi connectivity index (χ2v) is 4.66. The fraction of sp³-hybridized carbons (Fsp3) is 0.0588. The molecular weight excluding hydrogens is 256 g/mol. The van der Waals surface area contributed by atoms with Gasteiger partial charge in [-0.3, -0.25) is 0 Å². The Labute approximate surface area is 115 Å². The van der Waals surface area contributed by atoms with Gasteiger partial charge >= 0.3 is 0 Å². The van der Waals surface area contributed by atoms with E-state index in [1.165, 1.54) is 12.1 Å². The van der Waals surface area contributed by atoms with Crippen molar-refractivity contribution in [3.8, 4) is 11.1 Å². The van der Waals surface area contributed by atoms with Crippen molar-refractivity contribution in [3.63, 3.8) is 0 Å². The predicted octanol–water partition coefficient (Wildman–Crippen LogP) is 4.24. The highest BCUT2D eigenvalue weighted by molar-refractivity contribution is 5.97. The minimum absolute atomic E-state index is 0.293. The topological polar surface area (TPSA) is 26.0 Å². The third kappa shape index (κ3) is 2.06. The van der Waals surface area contributed by atoms with Gasteiger partial charge in [0, 0.05) is 17.5 Å². The van der Waals surface area contributed by atoms with Crippen molar-refractivity contribution in [2.75, 3.05) is 0 Å². The van der Waals surface area contributed by atoms with Crippen LogP contribution < -0.4 is 5.73 Å². The lowest BCUT2D eigenvalue weighted by Gasteiger charge is -2.09. The number of fused-ring (bicyclic) bond motifs is 1. The minimum Gasteiger partial charge on any atom is -0.326 e. The molecule has 100 valence electrons. The molecule has 0 aliphatic carbocycles. The van der Waals surface area contributed by atoms with Crippen LogP contribution in [0, 0.1) is 11.6 Å². The van der Waals surface area contributed by atoms with E-state index in [1.54, 1.807) is 36.4 Å². The molecule has 0 heterocycles. The molecule has 0 aromatic heterocycles. The smallest absolute Gasteiger partial charge is 0.131 e. The van der Waals surface area contributed by atoms with Gasteiger partial charge in [0.05, 0.1) is 0 Å². The molecule has 0 aliphatic rings. The van der Waals surface area contributed by atoms with Crippen LogP contribution in [0.4, 0.5) is 8.78 Å². The highest BCUT2D eigenvalue weighted by Gasteiger charge is 2.11. The zero-order valence-electron chi connectivity index (χ0n) is 10.7. The molecule has 0 atom stereocenters. The highest BCUT2D eigenvalue weighted by atomic mass is 19.1. The minimum atomic E-state index is -0.343. The zero-order chi connectivity index (χ0) is 14.1. The van der Waals surface area contributed by atoms with E-state index in [1.807, 2.05) is 6.07 Å². The monoisotopic (exact) mass is 269 g/mol. The molecule has 0 aliphatic heterocycles. The number of hydrogen-bond donors (Lipinski definition) is 1. The Kier molecular flexibility index (Phi) is 3.20. The molecule has 20 heavy (non-hydrogen) atoms. The van der Waals surface area contributed by atoms with Crippen molar-refractivity contribution in [2.45, 2.75) is 6.54 Å². The summed E-state index contributed by atoms with van der Waals surface area (Å²) in [5.41, 5.74) is 7.38. The normalized spacial score (nSPS) is 10.9. The maximum Gasteiger partial charge on any atom is 0.131 e. The molecule has 0 saturated heterocycles. The number of benzene rings is 3. The van der Waals surface area contributed by atoms with E-state index in [0.717, 1.165) is 5.56 Å². The van der Waals surface area contributed by atoms with Crippen LogP contribution in [0.15, 0.2) is 54.6 Å². The van der Waals surface area contributed by atoms with Crippen molar-refractivity contribution in [2.24, 2.45) is 5.73 Å². The van der Waals surface area contributed by atoms with Crippen LogP contribution in [0.1, 0.15) is 5.56 Å². The molecule has 2 N–H and O–H groups in total. The molecule has 3 rings (SSSR count). The largest absolute Gasteiger partial charge is 0.326 e. The first-order valence-electron chi connectivity index (χ1n) is 6.37. The quantitative estimate of drug-likeness (QED) is 0.739. The first-order chi connectivity index (χ1) is 9.70. The van der Waals surface area contributed by atoms with Crippen LogP contribution in [-0.4, -0.2) is 0 Å². The van der Waals surface area contributed by atoms with Crippen LogP contribution in [0.25, 0.3) is 21.9 Å². The number of halogens is 2. The molecular formula is C17H13F2N. The zero-order valence-corrected chi connectivity index (χ0v) is 10.7. The van der Waals surface area contributed by atoms with E-state index in [9.17, 15) is 8.78 Å². The lowest BCUT2D eigenvalue weighted by Crippen LogP contribution is -1.97. The summed E-state index contributed by atoms with van der Waals surface area (Å²) in [5, 5.41) is 1.19. The third-order valence-corrected chi connectivity index (χ3v) is 3.43. The number of rotatable bonds is 2. The fourth-order valence-electron chi connectivity index (χ4n) is 2.40. The molecule has 0 fully saturated rings. The highest BCUT2D eigenvalue weighted by Crippen LogP contribution is 2.32. The van der Waals surface area contributed by atoms with E-state index in [2.05, 4.69) is 0 Å². The summed E-state index contributed by atoms with van der Waals surface area (Å²) in [7, 11) is 0. The summed E-state index contributed by atoms with van der Waals surface area (Å²) in [6.45, 7) is 0.293. The molecule has 0 bridgehead atoms. The van der Waals surface area contributed by atoms with Crippen LogP contribution in [-0.2, 0) is 6.54 Å². The molecule has 3 aromatic rings. The third-order valence-electron chi connectivity index (χ3n) is 3.43. The predicted molar refractivity (Wildman–Crippen MR) is 77.2 cm³/mol. The summed E-state index contributed by atoms with van der Waals surface area (Å²) in [6.07, 6.45) is 0. The first kappa shape index (κ1) is 12.8. The summed E-state index contributed by atoms with van der Waals surface area (Å²) in [4.78, 5) is 0. The summed E-state index contributed by atoms with van der Waals surface area (Å²) >= 11 is 0. The lowest BCUT2D eigenvalue weighted by atomic mass is 9.96. The maximum absolute atomic E-state index is 14.2. The van der Waals surface area contributed by atoms with Crippen LogP contribution in [0.5, 0.6) is 0 Å². The van der Waals surface area contributed by atoms with Crippen molar-refractivity contribution in [1.29, 1.82) is 0 Å². The molecule has 0 radical (unpaired) electrons. The van der Waals surface area contributed by atoms with Crippen LogP contribution in [0.2, 0.25) is 0 Å². The second kappa shape index (κ2) is 5.02. The summed E-state index contributed by atoms with van der Waals surface area (Å²) < 4.78 is 28.0. The Morgan fingerprint density at radius 2 is 1.45 bits per heavy atom. The molecule has 3 aromatic carbocycles. The summed E-state index contributed by atoms with van der Waals surface area (Å²) in [5.74, 6) is -0.645. The van der Waals surface area contributed by atoms with Crippen molar-refractivity contribution in [3.05, 3.63) is 71.8 Å². The SMILES string of the molecule is NCc1ccc(-c2ccc(F)c3ccccc23)c(F)c1. The van der Waals surface area contributed by atoms with Gasteiger partial charge in [-0.15, -0.1) is 0 Å². The van der Waals surface area contributed by atoms with Crippen molar-refractivity contribution < 1.29 is 8.78 Å². The molecule has 0 unspecified atom stereocenters. The Balaban J connectivity index is 2.27. The van der Waals surface area contributed by atoms with E-state index >= 15 is 0 Å². The molecule has 3 heteroatoms. The average molecular weight is 269 g/mol. The fourth-order valence-corrected chi connectivity index (χ4v) is 2.40. The van der Waals surface area contributed by atoms with Gasteiger partial charge in [0.15, 0.2) is 0 Å². The van der Waals surface area contributed by atoms with Gasteiger partial charge in [-0.25, -0.2) is 8.78 Å². The van der Waals surface area contributed by atoms with Gasteiger partial charge in [0.2, 0.25) is 0 Å². The maximum atomic E-state index is 14.2. The Morgan fingerprint density at radius 3 is 2.15 bits per heavy atom. The Hall–Kier alpha value is -2.26. The Morgan fingerprint density at radius 1 is 0.750 bits per heavy atom. The van der Waals surface area contributed by atoms with Gasteiger partial charge in [0.25, 0.3) is 0 Å². The molecule has 1 nitrogen and oxygen atoms in total. The summed E-state index contributed by atoms with van der Waals surface area (Å²) in [6, 6.07) is 15.0. The van der Waals surface area contributed by atoms with Gasteiger partial charge in [-0.1, -0.05) is 42.5 Å². The Bertz CT molecular complexity index is 781. The van der Waals surface area contributed by atoms with Gasteiger partial charge in [0.1, 0.15) is 11.6 Å². The average Bonchev–Trinajstić information content (AvgIpc) is 2.48. The molecule has 0 spiro atoms. The van der Waals surface area contributed by atoms with Gasteiger partial charge in [-0.2, -0.15) is 0 Å². The van der Waals surface area contributed by atoms with E-state index in [-0.39, 0.29) is 11.6 Å². The number of hydrogen-bond acceptors (Lipinski definition) is 1. The molecule has 0 saturated carbocycles.